The van der Waals surface area contributed by atoms with Gasteiger partial charge in [-0.3, -0.25) is 4.98 Å². The smallest absolute Gasteiger partial charge is 0.340 e. The van der Waals surface area contributed by atoms with Crippen molar-refractivity contribution in [3.63, 3.8) is 0 Å². The molecule has 0 aliphatic heterocycles. The van der Waals surface area contributed by atoms with Crippen LogP contribution in [0.2, 0.25) is 5.02 Å². The van der Waals surface area contributed by atoms with Crippen molar-refractivity contribution in [2.75, 3.05) is 5.73 Å². The van der Waals surface area contributed by atoms with Gasteiger partial charge in [-0.2, -0.15) is 0 Å². The molecule has 0 unspecified atom stereocenters. The summed E-state index contributed by atoms with van der Waals surface area (Å²) in [5.41, 5.74) is 7.83. The molecule has 0 saturated heterocycles. The standard InChI is InChI=1S/C14H13ClN2O2/c1-9-13(6-12(16)7-17-9)14(18)19-8-10-3-2-4-11(15)5-10/h2-7H,8,16H2,1H3. The first-order chi connectivity index (χ1) is 9.06. The number of esters is 1. The zero-order valence-corrected chi connectivity index (χ0v) is 11.1. The topological polar surface area (TPSA) is 65.2 Å². The van der Waals surface area contributed by atoms with E-state index in [1.807, 2.05) is 6.07 Å². The van der Waals surface area contributed by atoms with Crippen molar-refractivity contribution in [2.24, 2.45) is 0 Å². The summed E-state index contributed by atoms with van der Waals surface area (Å²) < 4.78 is 5.21. The second-order valence-corrected chi connectivity index (χ2v) is 4.54. The minimum atomic E-state index is -0.447. The predicted molar refractivity (Wildman–Crippen MR) is 74.0 cm³/mol. The molecule has 2 rings (SSSR count). The summed E-state index contributed by atoms with van der Waals surface area (Å²) in [6, 6.07) is 8.71. The summed E-state index contributed by atoms with van der Waals surface area (Å²) in [5, 5.41) is 0.607. The number of benzene rings is 1. The Hall–Kier alpha value is -2.07. The maximum Gasteiger partial charge on any atom is 0.340 e. The molecule has 0 amide bonds. The molecular weight excluding hydrogens is 264 g/mol. The van der Waals surface area contributed by atoms with Gasteiger partial charge in [0.1, 0.15) is 6.61 Å². The molecule has 1 aromatic carbocycles. The van der Waals surface area contributed by atoms with Crippen LogP contribution in [-0.4, -0.2) is 11.0 Å². The van der Waals surface area contributed by atoms with Gasteiger partial charge in [-0.15, -0.1) is 0 Å². The van der Waals surface area contributed by atoms with Crippen LogP contribution < -0.4 is 5.73 Å². The van der Waals surface area contributed by atoms with Crippen LogP contribution in [0.4, 0.5) is 5.69 Å². The van der Waals surface area contributed by atoms with Gasteiger partial charge in [0.05, 0.1) is 23.1 Å². The number of rotatable bonds is 3. The normalized spacial score (nSPS) is 10.2. The van der Waals surface area contributed by atoms with Gasteiger partial charge in [0.25, 0.3) is 0 Å². The first kappa shape index (κ1) is 13.4. The van der Waals surface area contributed by atoms with Crippen LogP contribution >= 0.6 is 11.6 Å². The number of ether oxygens (including phenoxy) is 1. The van der Waals surface area contributed by atoms with Gasteiger partial charge in [0.2, 0.25) is 0 Å². The monoisotopic (exact) mass is 276 g/mol. The average molecular weight is 277 g/mol. The lowest BCUT2D eigenvalue weighted by molar-refractivity contribution is 0.0471. The molecule has 0 bridgehead atoms. The minimum absolute atomic E-state index is 0.160. The Balaban J connectivity index is 2.07. The number of aryl methyl sites for hydroxylation is 1. The van der Waals surface area contributed by atoms with Crippen molar-refractivity contribution >= 4 is 23.3 Å². The van der Waals surface area contributed by atoms with E-state index in [0.29, 0.717) is 22.0 Å². The van der Waals surface area contributed by atoms with E-state index in [4.69, 9.17) is 22.1 Å². The molecule has 0 fully saturated rings. The third-order valence-corrected chi connectivity index (χ3v) is 2.82. The van der Waals surface area contributed by atoms with Crippen LogP contribution in [0.1, 0.15) is 21.6 Å². The third-order valence-electron chi connectivity index (χ3n) is 2.59. The van der Waals surface area contributed by atoms with Gasteiger partial charge in [0.15, 0.2) is 0 Å². The summed E-state index contributed by atoms with van der Waals surface area (Å²) in [6.45, 7) is 1.89. The summed E-state index contributed by atoms with van der Waals surface area (Å²) in [4.78, 5) is 15.9. The Morgan fingerprint density at radius 3 is 2.95 bits per heavy atom. The Morgan fingerprint density at radius 1 is 1.42 bits per heavy atom. The van der Waals surface area contributed by atoms with Crippen LogP contribution in [0.15, 0.2) is 36.5 Å². The quantitative estimate of drug-likeness (QED) is 0.875. The first-order valence-corrected chi connectivity index (χ1v) is 6.08. The number of nitrogens with zero attached hydrogens (tertiary/aromatic N) is 1. The zero-order chi connectivity index (χ0) is 13.8. The highest BCUT2D eigenvalue weighted by Gasteiger charge is 2.12. The van der Waals surface area contributed by atoms with Crippen molar-refractivity contribution in [3.8, 4) is 0 Å². The molecule has 2 aromatic rings. The lowest BCUT2D eigenvalue weighted by Crippen LogP contribution is -2.09. The molecule has 19 heavy (non-hydrogen) atoms. The SMILES string of the molecule is Cc1ncc(N)cc1C(=O)OCc1cccc(Cl)c1. The number of nitrogens with two attached hydrogens (primary N) is 1. The summed E-state index contributed by atoms with van der Waals surface area (Å²) in [7, 11) is 0. The van der Waals surface area contributed by atoms with Crippen LogP contribution in [0.3, 0.4) is 0 Å². The van der Waals surface area contributed by atoms with E-state index in [9.17, 15) is 4.79 Å². The van der Waals surface area contributed by atoms with Crippen LogP contribution in [0.5, 0.6) is 0 Å². The fourth-order valence-corrected chi connectivity index (χ4v) is 1.82. The average Bonchev–Trinajstić information content (AvgIpc) is 2.39. The number of halogens is 1. The van der Waals surface area contributed by atoms with Crippen LogP contribution in [-0.2, 0) is 11.3 Å². The number of carbonyl (C=O) groups excluding carboxylic acids is 1. The molecule has 2 N–H and O–H groups in total. The zero-order valence-electron chi connectivity index (χ0n) is 10.4. The highest BCUT2D eigenvalue weighted by atomic mass is 35.5. The van der Waals surface area contributed by atoms with E-state index >= 15 is 0 Å². The molecule has 1 aromatic heterocycles. The molecule has 98 valence electrons. The summed E-state index contributed by atoms with van der Waals surface area (Å²) in [5.74, 6) is -0.447. The lowest BCUT2D eigenvalue weighted by atomic mass is 10.2. The van der Waals surface area contributed by atoms with Crippen LogP contribution in [0, 0.1) is 6.92 Å². The Kier molecular flexibility index (Phi) is 4.02. The number of nitrogen functional groups attached to an aromatic ring is 1. The van der Waals surface area contributed by atoms with Gasteiger partial charge in [-0.25, -0.2) is 4.79 Å². The summed E-state index contributed by atoms with van der Waals surface area (Å²) >= 11 is 5.86. The maximum atomic E-state index is 11.9. The molecule has 4 nitrogen and oxygen atoms in total. The van der Waals surface area contributed by atoms with Crippen LogP contribution in [0.25, 0.3) is 0 Å². The van der Waals surface area contributed by atoms with Gasteiger partial charge in [0, 0.05) is 5.02 Å². The molecule has 0 aliphatic rings. The Bertz CT molecular complexity index is 614. The number of hydrogen-bond acceptors (Lipinski definition) is 4. The van der Waals surface area contributed by atoms with E-state index < -0.39 is 5.97 Å². The fourth-order valence-electron chi connectivity index (χ4n) is 1.61. The third kappa shape index (κ3) is 3.45. The molecule has 5 heteroatoms. The van der Waals surface area contributed by atoms with Crippen molar-refractivity contribution < 1.29 is 9.53 Å². The largest absolute Gasteiger partial charge is 0.457 e. The van der Waals surface area contributed by atoms with E-state index in [1.54, 1.807) is 31.2 Å². The van der Waals surface area contributed by atoms with E-state index in [-0.39, 0.29) is 6.61 Å². The van der Waals surface area contributed by atoms with Gasteiger partial charge in [-0.1, -0.05) is 23.7 Å². The molecule has 0 aliphatic carbocycles. The molecule has 0 saturated carbocycles. The van der Waals surface area contributed by atoms with Gasteiger partial charge in [-0.05, 0) is 30.7 Å². The second kappa shape index (κ2) is 5.71. The highest BCUT2D eigenvalue weighted by molar-refractivity contribution is 6.30. The second-order valence-electron chi connectivity index (χ2n) is 4.11. The molecular formula is C14H13ClN2O2. The molecule has 1 heterocycles. The Labute approximate surface area is 116 Å². The fraction of sp³-hybridized carbons (Fsp3) is 0.143. The number of pyridine rings is 1. The van der Waals surface area contributed by atoms with Gasteiger partial charge < -0.3 is 10.5 Å². The van der Waals surface area contributed by atoms with E-state index in [2.05, 4.69) is 4.98 Å². The molecule has 0 radical (unpaired) electrons. The lowest BCUT2D eigenvalue weighted by Gasteiger charge is -2.07. The van der Waals surface area contributed by atoms with Crippen molar-refractivity contribution in [2.45, 2.75) is 13.5 Å². The van der Waals surface area contributed by atoms with Crippen molar-refractivity contribution in [3.05, 3.63) is 58.4 Å². The molecule has 0 spiro atoms. The Morgan fingerprint density at radius 2 is 2.21 bits per heavy atom. The minimum Gasteiger partial charge on any atom is -0.457 e. The number of carbonyl (C=O) groups is 1. The van der Waals surface area contributed by atoms with E-state index in [0.717, 1.165) is 5.56 Å². The maximum absolute atomic E-state index is 11.9. The summed E-state index contributed by atoms with van der Waals surface area (Å²) in [6.07, 6.45) is 1.50. The molecule has 0 atom stereocenters. The first-order valence-electron chi connectivity index (χ1n) is 5.70. The van der Waals surface area contributed by atoms with Crippen molar-refractivity contribution in [1.82, 2.24) is 4.98 Å². The van der Waals surface area contributed by atoms with Gasteiger partial charge >= 0.3 is 5.97 Å². The van der Waals surface area contributed by atoms with E-state index in [1.165, 1.54) is 6.20 Å². The predicted octanol–water partition coefficient (Wildman–Crippen LogP) is 2.98. The number of hydrogen-bond donors (Lipinski definition) is 1. The highest BCUT2D eigenvalue weighted by Crippen LogP contribution is 2.14. The number of anilines is 1. The number of aromatic nitrogens is 1. The van der Waals surface area contributed by atoms with Crippen molar-refractivity contribution in [1.29, 1.82) is 0 Å².